The predicted molar refractivity (Wildman–Crippen MR) is 90.1 cm³/mol. The van der Waals surface area contributed by atoms with Crippen molar-refractivity contribution >= 4 is 28.6 Å². The lowest BCUT2D eigenvalue weighted by Gasteiger charge is -2.07. The van der Waals surface area contributed by atoms with E-state index in [9.17, 15) is 0 Å². The molecule has 5 heteroatoms. The Labute approximate surface area is 134 Å². The van der Waals surface area contributed by atoms with Crippen LogP contribution in [0, 0.1) is 0 Å². The summed E-state index contributed by atoms with van der Waals surface area (Å²) in [7, 11) is 0. The molecular weight excluding hydrogens is 298 g/mol. The highest BCUT2D eigenvalue weighted by molar-refractivity contribution is 6.30. The van der Waals surface area contributed by atoms with Gasteiger partial charge in [-0.3, -0.25) is 0 Å². The molecule has 0 unspecified atom stereocenters. The number of nitrogen functional groups attached to an aromatic ring is 1. The van der Waals surface area contributed by atoms with E-state index in [4.69, 9.17) is 22.4 Å². The molecule has 0 aliphatic carbocycles. The van der Waals surface area contributed by atoms with Gasteiger partial charge in [0.05, 0.1) is 17.6 Å². The van der Waals surface area contributed by atoms with Gasteiger partial charge in [-0.25, -0.2) is 4.98 Å². The highest BCUT2D eigenvalue weighted by Crippen LogP contribution is 2.22. The largest absolute Gasteiger partial charge is 0.396 e. The zero-order valence-electron chi connectivity index (χ0n) is 12.2. The summed E-state index contributed by atoms with van der Waals surface area (Å²) < 4.78 is 1.99. The first kappa shape index (κ1) is 14.9. The molecule has 114 valence electrons. The molecule has 0 fully saturated rings. The molecule has 0 aliphatic rings. The van der Waals surface area contributed by atoms with Gasteiger partial charge in [0.25, 0.3) is 0 Å². The highest BCUT2D eigenvalue weighted by atomic mass is 35.5. The third-order valence-electron chi connectivity index (χ3n) is 3.72. The van der Waals surface area contributed by atoms with Crippen molar-refractivity contribution < 1.29 is 5.11 Å². The van der Waals surface area contributed by atoms with Crippen molar-refractivity contribution in [2.24, 2.45) is 0 Å². The van der Waals surface area contributed by atoms with Gasteiger partial charge in [-0.05, 0) is 48.2 Å². The second kappa shape index (κ2) is 6.38. The smallest absolute Gasteiger partial charge is 0.201 e. The number of nitrogens with zero attached hydrogens (tertiary/aromatic N) is 2. The summed E-state index contributed by atoms with van der Waals surface area (Å²) >= 11 is 5.92. The lowest BCUT2D eigenvalue weighted by atomic mass is 10.1. The highest BCUT2D eigenvalue weighted by Gasteiger charge is 2.09. The minimum Gasteiger partial charge on any atom is -0.396 e. The number of halogens is 1. The number of benzene rings is 2. The van der Waals surface area contributed by atoms with Gasteiger partial charge in [-0.2, -0.15) is 0 Å². The number of aliphatic hydroxyl groups is 1. The molecule has 0 bridgehead atoms. The molecule has 1 heterocycles. The van der Waals surface area contributed by atoms with E-state index in [1.54, 1.807) is 0 Å². The van der Waals surface area contributed by atoms with E-state index in [0.29, 0.717) is 12.5 Å². The number of aromatic nitrogens is 2. The molecule has 0 spiro atoms. The zero-order valence-corrected chi connectivity index (χ0v) is 12.9. The number of rotatable bonds is 5. The van der Waals surface area contributed by atoms with Crippen LogP contribution in [0.4, 0.5) is 5.95 Å². The molecule has 22 heavy (non-hydrogen) atoms. The second-order valence-corrected chi connectivity index (χ2v) is 5.77. The Morgan fingerprint density at radius 3 is 2.55 bits per heavy atom. The minimum atomic E-state index is 0.200. The van der Waals surface area contributed by atoms with Crippen LogP contribution in [-0.4, -0.2) is 21.3 Å². The van der Waals surface area contributed by atoms with Gasteiger partial charge >= 0.3 is 0 Å². The van der Waals surface area contributed by atoms with Gasteiger partial charge in [0, 0.05) is 11.6 Å². The molecule has 0 amide bonds. The molecule has 0 aliphatic heterocycles. The first-order chi connectivity index (χ1) is 10.7. The topological polar surface area (TPSA) is 64.1 Å². The van der Waals surface area contributed by atoms with Crippen LogP contribution in [0.15, 0.2) is 42.5 Å². The number of nitrogens with two attached hydrogens (primary N) is 1. The summed E-state index contributed by atoms with van der Waals surface area (Å²) in [4.78, 5) is 4.45. The first-order valence-corrected chi connectivity index (χ1v) is 7.65. The Bertz CT molecular complexity index is 780. The monoisotopic (exact) mass is 315 g/mol. The first-order valence-electron chi connectivity index (χ1n) is 7.27. The van der Waals surface area contributed by atoms with Crippen LogP contribution in [0.2, 0.25) is 5.02 Å². The fourth-order valence-electron chi connectivity index (χ4n) is 2.57. The van der Waals surface area contributed by atoms with Crippen molar-refractivity contribution in [1.29, 1.82) is 0 Å². The Kier molecular flexibility index (Phi) is 4.32. The van der Waals surface area contributed by atoms with E-state index in [1.165, 1.54) is 0 Å². The van der Waals surface area contributed by atoms with Gasteiger partial charge in [-0.1, -0.05) is 29.8 Å². The molecule has 3 N–H and O–H groups in total. The number of aryl methyl sites for hydroxylation is 1. The quantitative estimate of drug-likeness (QED) is 0.759. The standard InChI is InChI=1S/C17H18ClN3O/c18-14-6-3-13(4-7-14)11-21-16-8-5-12(2-1-9-22)10-15(16)20-17(21)19/h3-8,10,22H,1-2,9,11H2,(H2,19,20). The zero-order chi connectivity index (χ0) is 15.5. The molecule has 1 aromatic heterocycles. The summed E-state index contributed by atoms with van der Waals surface area (Å²) in [5, 5.41) is 9.65. The van der Waals surface area contributed by atoms with Crippen LogP contribution < -0.4 is 5.73 Å². The van der Waals surface area contributed by atoms with Crippen molar-refractivity contribution in [1.82, 2.24) is 9.55 Å². The van der Waals surface area contributed by atoms with Crippen LogP contribution in [0.25, 0.3) is 11.0 Å². The number of hydrogen-bond donors (Lipinski definition) is 2. The maximum absolute atomic E-state index is 8.92. The van der Waals surface area contributed by atoms with Crippen LogP contribution in [0.5, 0.6) is 0 Å². The minimum absolute atomic E-state index is 0.200. The van der Waals surface area contributed by atoms with Gasteiger partial charge in [0.2, 0.25) is 5.95 Å². The summed E-state index contributed by atoms with van der Waals surface area (Å²) in [6.45, 7) is 0.862. The lowest BCUT2D eigenvalue weighted by molar-refractivity contribution is 0.288. The Hall–Kier alpha value is -2.04. The fraction of sp³-hybridized carbons (Fsp3) is 0.235. The molecular formula is C17H18ClN3O. The van der Waals surface area contributed by atoms with Crippen molar-refractivity contribution in [3.8, 4) is 0 Å². The second-order valence-electron chi connectivity index (χ2n) is 5.33. The maximum atomic E-state index is 8.92. The van der Waals surface area contributed by atoms with Crippen LogP contribution in [-0.2, 0) is 13.0 Å². The SMILES string of the molecule is Nc1nc2cc(CCCO)ccc2n1Cc1ccc(Cl)cc1. The number of imidazole rings is 1. The molecule has 0 saturated carbocycles. The molecule has 4 nitrogen and oxygen atoms in total. The molecule has 0 radical (unpaired) electrons. The Morgan fingerprint density at radius 2 is 1.82 bits per heavy atom. The average molecular weight is 316 g/mol. The van der Waals surface area contributed by atoms with E-state index in [-0.39, 0.29) is 6.61 Å². The van der Waals surface area contributed by atoms with Crippen molar-refractivity contribution in [2.75, 3.05) is 12.3 Å². The van der Waals surface area contributed by atoms with Crippen LogP contribution in [0.3, 0.4) is 0 Å². The Balaban J connectivity index is 1.92. The normalized spacial score (nSPS) is 11.2. The number of anilines is 1. The maximum Gasteiger partial charge on any atom is 0.201 e. The van der Waals surface area contributed by atoms with Crippen molar-refractivity contribution in [3.05, 3.63) is 58.6 Å². The lowest BCUT2D eigenvalue weighted by Crippen LogP contribution is -2.04. The van der Waals surface area contributed by atoms with Gasteiger partial charge in [0.15, 0.2) is 0 Å². The number of aliphatic hydroxyl groups excluding tert-OH is 1. The number of hydrogen-bond acceptors (Lipinski definition) is 3. The summed E-state index contributed by atoms with van der Waals surface area (Å²) in [5.74, 6) is 0.504. The van der Waals surface area contributed by atoms with E-state index >= 15 is 0 Å². The molecule has 3 aromatic rings. The third kappa shape index (κ3) is 3.08. The van der Waals surface area contributed by atoms with Gasteiger partial charge in [-0.15, -0.1) is 0 Å². The van der Waals surface area contributed by atoms with Crippen LogP contribution >= 0.6 is 11.6 Å². The molecule has 2 aromatic carbocycles. The van der Waals surface area contributed by atoms with E-state index < -0.39 is 0 Å². The summed E-state index contributed by atoms with van der Waals surface area (Å²) in [6.07, 6.45) is 1.60. The van der Waals surface area contributed by atoms with E-state index in [0.717, 1.165) is 40.0 Å². The van der Waals surface area contributed by atoms with Gasteiger partial charge in [0.1, 0.15) is 0 Å². The van der Waals surface area contributed by atoms with Crippen molar-refractivity contribution in [2.45, 2.75) is 19.4 Å². The van der Waals surface area contributed by atoms with E-state index in [1.807, 2.05) is 41.0 Å². The van der Waals surface area contributed by atoms with E-state index in [2.05, 4.69) is 11.1 Å². The van der Waals surface area contributed by atoms with Gasteiger partial charge < -0.3 is 15.4 Å². The van der Waals surface area contributed by atoms with Crippen LogP contribution in [0.1, 0.15) is 17.5 Å². The fourth-order valence-corrected chi connectivity index (χ4v) is 2.70. The molecule has 0 saturated heterocycles. The third-order valence-corrected chi connectivity index (χ3v) is 3.97. The summed E-state index contributed by atoms with van der Waals surface area (Å²) in [6, 6.07) is 13.9. The average Bonchev–Trinajstić information content (AvgIpc) is 2.82. The predicted octanol–water partition coefficient (Wildman–Crippen LogP) is 3.25. The van der Waals surface area contributed by atoms with Crippen molar-refractivity contribution in [3.63, 3.8) is 0 Å². The molecule has 3 rings (SSSR count). The Morgan fingerprint density at radius 1 is 1.09 bits per heavy atom. The summed E-state index contributed by atoms with van der Waals surface area (Å²) in [5.41, 5.74) is 10.3. The number of fused-ring (bicyclic) bond motifs is 1. The molecule has 0 atom stereocenters.